The molecular formula is C12H25N3S. The highest BCUT2D eigenvalue weighted by molar-refractivity contribution is 8.14. The molecule has 2 atom stereocenters. The van der Waals surface area contributed by atoms with Crippen molar-refractivity contribution < 1.29 is 0 Å². The molecular weight excluding hydrogens is 218 g/mol. The molecule has 0 radical (unpaired) electrons. The summed E-state index contributed by atoms with van der Waals surface area (Å²) in [5.74, 6) is 0. The lowest BCUT2D eigenvalue weighted by Crippen LogP contribution is -2.43. The highest BCUT2D eigenvalue weighted by Gasteiger charge is 2.23. The minimum absolute atomic E-state index is 0.124. The monoisotopic (exact) mass is 243 g/mol. The molecule has 1 aliphatic rings. The Labute approximate surface area is 104 Å². The second kappa shape index (κ2) is 5.41. The van der Waals surface area contributed by atoms with E-state index in [1.165, 1.54) is 6.42 Å². The van der Waals surface area contributed by atoms with Gasteiger partial charge >= 0.3 is 0 Å². The van der Waals surface area contributed by atoms with Crippen molar-refractivity contribution in [2.24, 2.45) is 4.99 Å². The Morgan fingerprint density at radius 3 is 2.56 bits per heavy atom. The van der Waals surface area contributed by atoms with Crippen molar-refractivity contribution in [2.75, 3.05) is 20.6 Å². The largest absolute Gasteiger partial charge is 0.362 e. The van der Waals surface area contributed by atoms with E-state index < -0.39 is 0 Å². The van der Waals surface area contributed by atoms with E-state index in [1.807, 2.05) is 11.8 Å². The molecule has 3 nitrogen and oxygen atoms in total. The van der Waals surface area contributed by atoms with E-state index in [4.69, 9.17) is 4.99 Å². The van der Waals surface area contributed by atoms with Crippen LogP contribution in [-0.4, -0.2) is 47.5 Å². The summed E-state index contributed by atoms with van der Waals surface area (Å²) in [6, 6.07) is 0.553. The first-order valence-corrected chi connectivity index (χ1v) is 6.84. The predicted octanol–water partition coefficient (Wildman–Crippen LogP) is 2.19. The Morgan fingerprint density at radius 2 is 2.06 bits per heavy atom. The summed E-state index contributed by atoms with van der Waals surface area (Å²) in [5.41, 5.74) is 0.124. The van der Waals surface area contributed by atoms with Crippen molar-refractivity contribution in [3.05, 3.63) is 0 Å². The maximum atomic E-state index is 4.70. The second-order valence-electron chi connectivity index (χ2n) is 5.54. The predicted molar refractivity (Wildman–Crippen MR) is 74.3 cm³/mol. The molecule has 1 heterocycles. The van der Waals surface area contributed by atoms with Gasteiger partial charge in [0.15, 0.2) is 5.17 Å². The Balaban J connectivity index is 2.57. The molecule has 1 aliphatic heterocycles. The van der Waals surface area contributed by atoms with E-state index in [2.05, 4.69) is 52.0 Å². The molecule has 0 aromatic carbocycles. The van der Waals surface area contributed by atoms with E-state index >= 15 is 0 Å². The van der Waals surface area contributed by atoms with Gasteiger partial charge in [0.1, 0.15) is 0 Å². The molecule has 1 N–H and O–H groups in total. The number of hydrogen-bond acceptors (Lipinski definition) is 3. The van der Waals surface area contributed by atoms with Crippen LogP contribution in [0.15, 0.2) is 4.99 Å². The fraction of sp³-hybridized carbons (Fsp3) is 0.917. The van der Waals surface area contributed by atoms with Crippen molar-refractivity contribution in [2.45, 2.75) is 50.9 Å². The molecule has 0 spiro atoms. The summed E-state index contributed by atoms with van der Waals surface area (Å²) in [6.07, 6.45) is 1.22. The smallest absolute Gasteiger partial charge is 0.157 e. The Kier molecular flexibility index (Phi) is 4.68. The summed E-state index contributed by atoms with van der Waals surface area (Å²) >= 11 is 1.86. The number of rotatable bonds is 3. The zero-order chi connectivity index (χ0) is 12.3. The van der Waals surface area contributed by atoms with Crippen LogP contribution in [0.2, 0.25) is 0 Å². The lowest BCUT2D eigenvalue weighted by atomic mass is 10.1. The summed E-state index contributed by atoms with van der Waals surface area (Å²) in [4.78, 5) is 6.92. The normalized spacial score (nSPS) is 29.6. The van der Waals surface area contributed by atoms with E-state index in [9.17, 15) is 0 Å². The van der Waals surface area contributed by atoms with Gasteiger partial charge in [-0.05, 0) is 41.3 Å². The molecule has 0 aromatic rings. The van der Waals surface area contributed by atoms with Crippen LogP contribution in [0.25, 0.3) is 0 Å². The molecule has 1 saturated heterocycles. The van der Waals surface area contributed by atoms with E-state index in [-0.39, 0.29) is 5.54 Å². The molecule has 4 heteroatoms. The van der Waals surface area contributed by atoms with Gasteiger partial charge in [0, 0.05) is 16.8 Å². The summed E-state index contributed by atoms with van der Waals surface area (Å²) in [5, 5.41) is 5.24. The van der Waals surface area contributed by atoms with Crippen LogP contribution in [0, 0.1) is 0 Å². The van der Waals surface area contributed by atoms with Gasteiger partial charge < -0.3 is 10.2 Å². The minimum atomic E-state index is 0.124. The topological polar surface area (TPSA) is 27.6 Å². The van der Waals surface area contributed by atoms with Crippen LogP contribution >= 0.6 is 11.8 Å². The zero-order valence-corrected chi connectivity index (χ0v) is 12.2. The van der Waals surface area contributed by atoms with Crippen molar-refractivity contribution in [1.29, 1.82) is 0 Å². The fourth-order valence-electron chi connectivity index (χ4n) is 1.53. The van der Waals surface area contributed by atoms with Gasteiger partial charge in [-0.2, -0.15) is 0 Å². The van der Waals surface area contributed by atoms with Crippen LogP contribution in [0.4, 0.5) is 0 Å². The first kappa shape index (κ1) is 13.8. The molecule has 94 valence electrons. The average molecular weight is 243 g/mol. The van der Waals surface area contributed by atoms with Crippen molar-refractivity contribution >= 4 is 16.9 Å². The Morgan fingerprint density at radius 1 is 1.44 bits per heavy atom. The summed E-state index contributed by atoms with van der Waals surface area (Å²) in [7, 11) is 4.21. The molecule has 0 saturated carbocycles. The second-order valence-corrected chi connectivity index (χ2v) is 6.96. The molecule has 0 bridgehead atoms. The molecule has 0 amide bonds. The SMILES string of the molecule is CC1CC(C)SC(=NCC(C)(C)N(C)C)N1. The highest BCUT2D eigenvalue weighted by Crippen LogP contribution is 2.23. The number of hydrogen-bond donors (Lipinski definition) is 1. The maximum Gasteiger partial charge on any atom is 0.157 e. The van der Waals surface area contributed by atoms with Crippen LogP contribution in [0.5, 0.6) is 0 Å². The van der Waals surface area contributed by atoms with Crippen molar-refractivity contribution in [3.63, 3.8) is 0 Å². The average Bonchev–Trinajstić information content (AvgIpc) is 2.13. The summed E-state index contributed by atoms with van der Waals surface area (Å²) < 4.78 is 0. The van der Waals surface area contributed by atoms with Gasteiger partial charge in [0.2, 0.25) is 0 Å². The number of thioether (sulfide) groups is 1. The van der Waals surface area contributed by atoms with Crippen LogP contribution in [0.1, 0.15) is 34.1 Å². The van der Waals surface area contributed by atoms with Gasteiger partial charge in [-0.25, -0.2) is 0 Å². The van der Waals surface area contributed by atoms with E-state index in [1.54, 1.807) is 0 Å². The lowest BCUT2D eigenvalue weighted by molar-refractivity contribution is 0.205. The first-order valence-electron chi connectivity index (χ1n) is 5.96. The van der Waals surface area contributed by atoms with Gasteiger partial charge in [-0.15, -0.1) is 0 Å². The van der Waals surface area contributed by atoms with Crippen molar-refractivity contribution in [3.8, 4) is 0 Å². The quantitative estimate of drug-likeness (QED) is 0.823. The van der Waals surface area contributed by atoms with Crippen LogP contribution < -0.4 is 5.32 Å². The van der Waals surface area contributed by atoms with Gasteiger partial charge in [0.25, 0.3) is 0 Å². The van der Waals surface area contributed by atoms with Gasteiger partial charge in [-0.3, -0.25) is 4.99 Å². The standard InChI is InChI=1S/C12H25N3S/c1-9-7-10(2)16-11(14-9)13-8-12(3,4)15(5)6/h9-10H,7-8H2,1-6H3,(H,13,14). The lowest BCUT2D eigenvalue weighted by Gasteiger charge is -2.32. The molecule has 2 unspecified atom stereocenters. The number of amidine groups is 1. The number of aliphatic imine (C=N–C) groups is 1. The minimum Gasteiger partial charge on any atom is -0.362 e. The third-order valence-corrected chi connectivity index (χ3v) is 4.25. The number of nitrogens with zero attached hydrogens (tertiary/aromatic N) is 2. The van der Waals surface area contributed by atoms with E-state index in [0.29, 0.717) is 11.3 Å². The highest BCUT2D eigenvalue weighted by atomic mass is 32.2. The zero-order valence-electron chi connectivity index (χ0n) is 11.4. The number of likely N-dealkylation sites (N-methyl/N-ethyl adjacent to an activating group) is 1. The molecule has 1 rings (SSSR count). The van der Waals surface area contributed by atoms with Crippen LogP contribution in [-0.2, 0) is 0 Å². The maximum absolute atomic E-state index is 4.70. The van der Waals surface area contributed by atoms with Gasteiger partial charge in [-0.1, -0.05) is 18.7 Å². The third kappa shape index (κ3) is 3.98. The molecule has 1 fully saturated rings. The molecule has 0 aromatic heterocycles. The summed E-state index contributed by atoms with van der Waals surface area (Å²) in [6.45, 7) is 9.78. The fourth-order valence-corrected chi connectivity index (χ4v) is 2.70. The third-order valence-electron chi connectivity index (χ3n) is 3.19. The Hall–Kier alpha value is -0.220. The van der Waals surface area contributed by atoms with Gasteiger partial charge in [0.05, 0.1) is 6.54 Å². The van der Waals surface area contributed by atoms with Crippen molar-refractivity contribution in [1.82, 2.24) is 10.2 Å². The number of nitrogens with one attached hydrogen (secondary N) is 1. The first-order chi connectivity index (χ1) is 7.31. The van der Waals surface area contributed by atoms with Crippen LogP contribution in [0.3, 0.4) is 0 Å². The molecule has 16 heavy (non-hydrogen) atoms. The molecule has 0 aliphatic carbocycles. The van der Waals surface area contributed by atoms with E-state index in [0.717, 1.165) is 11.7 Å². The Bertz CT molecular complexity index is 249.